The molecule has 0 radical (unpaired) electrons. The Bertz CT molecular complexity index is 498. The summed E-state index contributed by atoms with van der Waals surface area (Å²) in [5.74, 6) is 0.855. The Hall–Kier alpha value is -0.870. The molecule has 2 rings (SSSR count). The molecule has 0 atom stereocenters. The van der Waals surface area contributed by atoms with Crippen molar-refractivity contribution >= 4 is 33.8 Å². The number of rotatable bonds is 1. The summed E-state index contributed by atoms with van der Waals surface area (Å²) in [6.07, 6.45) is 0. The molecule has 0 saturated carbocycles. The molecule has 0 spiro atoms. The minimum Gasteiger partial charge on any atom is -0.495 e. The van der Waals surface area contributed by atoms with E-state index in [1.54, 1.807) is 18.4 Å². The van der Waals surface area contributed by atoms with Crippen LogP contribution in [-0.2, 0) is 0 Å². The van der Waals surface area contributed by atoms with Gasteiger partial charge in [-0.2, -0.15) is 0 Å². The van der Waals surface area contributed by atoms with Crippen LogP contribution in [0.1, 0.15) is 5.56 Å². The minimum atomic E-state index is 0.794. The second-order valence-corrected chi connectivity index (χ2v) is 4.49. The SMILES string of the molecule is COc1ccc(C)c2sc(=S)[nH]c12. The van der Waals surface area contributed by atoms with Crippen LogP contribution in [-0.4, -0.2) is 12.1 Å². The highest BCUT2D eigenvalue weighted by atomic mass is 32.1. The van der Waals surface area contributed by atoms with Gasteiger partial charge in [0.25, 0.3) is 0 Å². The zero-order chi connectivity index (χ0) is 9.42. The van der Waals surface area contributed by atoms with E-state index in [-0.39, 0.29) is 0 Å². The third kappa shape index (κ3) is 1.36. The lowest BCUT2D eigenvalue weighted by Crippen LogP contribution is -1.84. The van der Waals surface area contributed by atoms with Crippen molar-refractivity contribution in [3.8, 4) is 5.75 Å². The Labute approximate surface area is 85.2 Å². The summed E-state index contributed by atoms with van der Waals surface area (Å²) in [5.41, 5.74) is 2.24. The molecule has 0 unspecified atom stereocenters. The van der Waals surface area contributed by atoms with Crippen LogP contribution in [0, 0.1) is 10.9 Å². The highest BCUT2D eigenvalue weighted by Crippen LogP contribution is 2.30. The van der Waals surface area contributed by atoms with Gasteiger partial charge in [-0.3, -0.25) is 0 Å². The first-order chi connectivity index (χ1) is 6.22. The first-order valence-electron chi connectivity index (χ1n) is 3.89. The Morgan fingerprint density at radius 2 is 2.23 bits per heavy atom. The first kappa shape index (κ1) is 8.72. The number of aromatic amines is 1. The molecule has 0 bridgehead atoms. The van der Waals surface area contributed by atoms with E-state index >= 15 is 0 Å². The smallest absolute Gasteiger partial charge is 0.159 e. The molecular formula is C9H9NOS2. The molecule has 0 aliphatic rings. The number of methoxy groups -OCH3 is 1. The Morgan fingerprint density at radius 1 is 1.46 bits per heavy atom. The molecule has 2 aromatic rings. The summed E-state index contributed by atoms with van der Waals surface area (Å²) in [6.45, 7) is 2.07. The van der Waals surface area contributed by atoms with E-state index < -0.39 is 0 Å². The molecule has 0 fully saturated rings. The fourth-order valence-electron chi connectivity index (χ4n) is 1.31. The Kier molecular flexibility index (Phi) is 2.09. The second-order valence-electron chi connectivity index (χ2n) is 2.80. The maximum atomic E-state index is 5.22. The van der Waals surface area contributed by atoms with Crippen LogP contribution in [0.15, 0.2) is 12.1 Å². The Morgan fingerprint density at radius 3 is 2.92 bits per heavy atom. The molecule has 68 valence electrons. The van der Waals surface area contributed by atoms with Gasteiger partial charge in [0.2, 0.25) is 0 Å². The van der Waals surface area contributed by atoms with E-state index in [4.69, 9.17) is 17.0 Å². The molecule has 0 amide bonds. The van der Waals surface area contributed by atoms with Gasteiger partial charge in [0.05, 0.1) is 11.8 Å². The molecule has 2 nitrogen and oxygen atoms in total. The molecular weight excluding hydrogens is 202 g/mol. The van der Waals surface area contributed by atoms with Crippen LogP contribution in [0.4, 0.5) is 0 Å². The predicted octanol–water partition coefficient (Wildman–Crippen LogP) is 3.28. The molecule has 4 heteroatoms. The Balaban J connectivity index is 2.91. The van der Waals surface area contributed by atoms with Crippen LogP contribution in [0.2, 0.25) is 0 Å². The van der Waals surface area contributed by atoms with Gasteiger partial charge in [-0.25, -0.2) is 0 Å². The topological polar surface area (TPSA) is 25.0 Å². The van der Waals surface area contributed by atoms with Crippen molar-refractivity contribution in [1.29, 1.82) is 0 Å². The third-order valence-corrected chi connectivity index (χ3v) is 3.33. The predicted molar refractivity (Wildman–Crippen MR) is 58.3 cm³/mol. The monoisotopic (exact) mass is 211 g/mol. The van der Waals surface area contributed by atoms with Crippen molar-refractivity contribution < 1.29 is 4.74 Å². The van der Waals surface area contributed by atoms with Gasteiger partial charge in [-0.05, 0) is 30.8 Å². The molecule has 1 aromatic carbocycles. The van der Waals surface area contributed by atoms with E-state index in [0.29, 0.717) is 0 Å². The van der Waals surface area contributed by atoms with Gasteiger partial charge in [0, 0.05) is 0 Å². The van der Waals surface area contributed by atoms with Gasteiger partial charge < -0.3 is 9.72 Å². The lowest BCUT2D eigenvalue weighted by Gasteiger charge is -2.01. The van der Waals surface area contributed by atoms with Crippen LogP contribution in [0.3, 0.4) is 0 Å². The van der Waals surface area contributed by atoms with Gasteiger partial charge in [-0.1, -0.05) is 6.07 Å². The second kappa shape index (κ2) is 3.12. The van der Waals surface area contributed by atoms with Crippen LogP contribution >= 0.6 is 23.6 Å². The number of thiazole rings is 1. The zero-order valence-electron chi connectivity index (χ0n) is 7.38. The summed E-state index contributed by atoms with van der Waals surface area (Å²) < 4.78 is 7.20. The van der Waals surface area contributed by atoms with Crippen molar-refractivity contribution in [3.05, 3.63) is 21.7 Å². The van der Waals surface area contributed by atoms with Gasteiger partial charge >= 0.3 is 0 Å². The summed E-state index contributed by atoms with van der Waals surface area (Å²) in [5, 5.41) is 0. The van der Waals surface area contributed by atoms with Crippen LogP contribution in [0.5, 0.6) is 5.75 Å². The maximum absolute atomic E-state index is 5.22. The number of aryl methyl sites for hydroxylation is 1. The van der Waals surface area contributed by atoms with Crippen molar-refractivity contribution in [3.63, 3.8) is 0 Å². The van der Waals surface area contributed by atoms with E-state index in [0.717, 1.165) is 15.2 Å². The van der Waals surface area contributed by atoms with Crippen molar-refractivity contribution in [2.45, 2.75) is 6.92 Å². The number of benzene rings is 1. The molecule has 1 N–H and O–H groups in total. The van der Waals surface area contributed by atoms with Gasteiger partial charge in [-0.15, -0.1) is 11.3 Å². The molecule has 0 aliphatic carbocycles. The summed E-state index contributed by atoms with van der Waals surface area (Å²) in [7, 11) is 1.67. The van der Waals surface area contributed by atoms with E-state index in [2.05, 4.69) is 11.9 Å². The quantitative estimate of drug-likeness (QED) is 0.732. The molecule has 13 heavy (non-hydrogen) atoms. The first-order valence-corrected chi connectivity index (χ1v) is 5.11. The fourth-order valence-corrected chi connectivity index (χ4v) is 2.48. The molecule has 0 aliphatic heterocycles. The number of H-pyrrole nitrogens is 1. The summed E-state index contributed by atoms with van der Waals surface area (Å²) in [6, 6.07) is 4.00. The number of ether oxygens (including phenoxy) is 1. The maximum Gasteiger partial charge on any atom is 0.159 e. The van der Waals surface area contributed by atoms with Gasteiger partial charge in [0.1, 0.15) is 11.3 Å². The number of hydrogen-bond acceptors (Lipinski definition) is 3. The zero-order valence-corrected chi connectivity index (χ0v) is 9.01. The number of aromatic nitrogens is 1. The van der Waals surface area contributed by atoms with Crippen LogP contribution < -0.4 is 4.74 Å². The summed E-state index contributed by atoms with van der Waals surface area (Å²) >= 11 is 6.68. The fraction of sp³-hybridized carbons (Fsp3) is 0.222. The third-order valence-electron chi connectivity index (χ3n) is 1.96. The molecule has 1 aromatic heterocycles. The van der Waals surface area contributed by atoms with Crippen molar-refractivity contribution in [1.82, 2.24) is 4.98 Å². The number of nitrogens with one attached hydrogen (secondary N) is 1. The number of fused-ring (bicyclic) bond motifs is 1. The lowest BCUT2D eigenvalue weighted by atomic mass is 10.2. The lowest BCUT2D eigenvalue weighted by molar-refractivity contribution is 0.419. The average molecular weight is 211 g/mol. The highest BCUT2D eigenvalue weighted by molar-refractivity contribution is 7.73. The minimum absolute atomic E-state index is 0.794. The standard InChI is InChI=1S/C9H9NOS2/c1-5-3-4-6(11-2)7-8(5)13-9(12)10-7/h3-4H,1-2H3,(H,10,12). The number of hydrogen-bond donors (Lipinski definition) is 1. The van der Waals surface area contributed by atoms with Crippen molar-refractivity contribution in [2.24, 2.45) is 0 Å². The van der Waals surface area contributed by atoms with Crippen molar-refractivity contribution in [2.75, 3.05) is 7.11 Å². The average Bonchev–Trinajstić information content (AvgIpc) is 2.48. The normalized spacial score (nSPS) is 10.6. The largest absolute Gasteiger partial charge is 0.495 e. The van der Waals surface area contributed by atoms with E-state index in [1.807, 2.05) is 12.1 Å². The van der Waals surface area contributed by atoms with E-state index in [9.17, 15) is 0 Å². The highest BCUT2D eigenvalue weighted by Gasteiger charge is 2.05. The molecule has 1 heterocycles. The van der Waals surface area contributed by atoms with Gasteiger partial charge in [0.15, 0.2) is 3.95 Å². The molecule has 0 saturated heterocycles. The van der Waals surface area contributed by atoms with E-state index in [1.165, 1.54) is 10.3 Å². The van der Waals surface area contributed by atoms with Crippen LogP contribution in [0.25, 0.3) is 10.2 Å². The summed E-state index contributed by atoms with van der Waals surface area (Å²) in [4.78, 5) is 3.13.